The molecule has 0 saturated carbocycles. The average molecular weight is 512 g/mol. The molecule has 2 rings (SSSR count). The average Bonchev–Trinajstić information content (AvgIpc) is 2.69. The van der Waals surface area contributed by atoms with Crippen LogP contribution < -0.4 is 14.8 Å². The van der Waals surface area contributed by atoms with Crippen LogP contribution in [-0.4, -0.2) is 42.0 Å². The van der Waals surface area contributed by atoms with Crippen LogP contribution in [0.25, 0.3) is 0 Å². The molecule has 0 aromatic heterocycles. The Bertz CT molecular complexity index is 913. The summed E-state index contributed by atoms with van der Waals surface area (Å²) >= 11 is 9.52. The van der Waals surface area contributed by atoms with Gasteiger partial charge in [-0.15, -0.1) is 0 Å². The Labute approximate surface area is 197 Å². The standard InChI is InChI=1S/C23H28BrClN2O4/c1-15(22(29)26-23(2,3)4)27(13-16-6-9-18(30-5)10-7-16)21(28)14-31-20-11-8-17(24)12-19(20)25/h6-12,15H,13-14H2,1-5H3,(H,26,29). The predicted octanol–water partition coefficient (Wildman–Crippen LogP) is 4.82. The molecule has 1 atom stereocenters. The molecule has 0 radical (unpaired) electrons. The van der Waals surface area contributed by atoms with Gasteiger partial charge in [0.15, 0.2) is 6.61 Å². The molecule has 31 heavy (non-hydrogen) atoms. The molecule has 0 saturated heterocycles. The predicted molar refractivity (Wildman–Crippen MR) is 126 cm³/mol. The number of nitrogens with one attached hydrogen (secondary N) is 1. The second-order valence-electron chi connectivity index (χ2n) is 8.15. The van der Waals surface area contributed by atoms with Crippen molar-refractivity contribution >= 4 is 39.3 Å². The van der Waals surface area contributed by atoms with Crippen LogP contribution in [0, 0.1) is 0 Å². The second-order valence-corrected chi connectivity index (χ2v) is 9.47. The molecule has 168 valence electrons. The molecule has 0 spiro atoms. The van der Waals surface area contributed by atoms with Crippen molar-refractivity contribution in [3.8, 4) is 11.5 Å². The van der Waals surface area contributed by atoms with E-state index in [-0.39, 0.29) is 25.0 Å². The Morgan fingerprint density at radius 3 is 2.35 bits per heavy atom. The number of halogens is 2. The molecular formula is C23H28BrClN2O4. The maximum Gasteiger partial charge on any atom is 0.261 e. The molecule has 0 aliphatic heterocycles. The third-order valence-electron chi connectivity index (χ3n) is 4.42. The van der Waals surface area contributed by atoms with E-state index in [0.29, 0.717) is 16.5 Å². The van der Waals surface area contributed by atoms with Gasteiger partial charge in [0.1, 0.15) is 17.5 Å². The lowest BCUT2D eigenvalue weighted by Crippen LogP contribution is -2.53. The Morgan fingerprint density at radius 1 is 1.16 bits per heavy atom. The lowest BCUT2D eigenvalue weighted by Gasteiger charge is -2.31. The van der Waals surface area contributed by atoms with Crippen LogP contribution in [0.15, 0.2) is 46.9 Å². The molecule has 2 amide bonds. The molecule has 0 aliphatic rings. The van der Waals surface area contributed by atoms with Crippen molar-refractivity contribution in [1.82, 2.24) is 10.2 Å². The molecule has 2 aromatic rings. The molecule has 1 unspecified atom stereocenters. The van der Waals surface area contributed by atoms with Gasteiger partial charge in [-0.25, -0.2) is 0 Å². The van der Waals surface area contributed by atoms with Crippen molar-refractivity contribution in [3.05, 3.63) is 57.5 Å². The number of amides is 2. The zero-order valence-electron chi connectivity index (χ0n) is 18.4. The van der Waals surface area contributed by atoms with Crippen molar-refractivity contribution < 1.29 is 19.1 Å². The van der Waals surface area contributed by atoms with Crippen molar-refractivity contribution in [2.45, 2.75) is 45.8 Å². The third-order valence-corrected chi connectivity index (χ3v) is 5.21. The van der Waals surface area contributed by atoms with E-state index in [4.69, 9.17) is 21.1 Å². The summed E-state index contributed by atoms with van der Waals surface area (Å²) in [6.45, 7) is 7.39. The minimum absolute atomic E-state index is 0.240. The number of carbonyl (C=O) groups is 2. The van der Waals surface area contributed by atoms with Crippen LogP contribution in [0.4, 0.5) is 0 Å². The van der Waals surface area contributed by atoms with Crippen LogP contribution in [0.5, 0.6) is 11.5 Å². The van der Waals surface area contributed by atoms with Crippen LogP contribution in [0.2, 0.25) is 5.02 Å². The number of nitrogens with zero attached hydrogens (tertiary/aromatic N) is 1. The second kappa shape index (κ2) is 10.9. The zero-order valence-corrected chi connectivity index (χ0v) is 20.7. The molecule has 0 heterocycles. The smallest absolute Gasteiger partial charge is 0.261 e. The fraction of sp³-hybridized carbons (Fsp3) is 0.391. The van der Waals surface area contributed by atoms with Crippen LogP contribution in [-0.2, 0) is 16.1 Å². The van der Waals surface area contributed by atoms with Crippen LogP contribution in [0.1, 0.15) is 33.3 Å². The van der Waals surface area contributed by atoms with E-state index in [1.54, 1.807) is 32.2 Å². The number of hydrogen-bond donors (Lipinski definition) is 1. The zero-order chi connectivity index (χ0) is 23.2. The summed E-state index contributed by atoms with van der Waals surface area (Å²) < 4.78 is 11.6. The van der Waals surface area contributed by atoms with Gasteiger partial charge in [0.2, 0.25) is 5.91 Å². The number of methoxy groups -OCH3 is 1. The third kappa shape index (κ3) is 7.74. The molecule has 8 heteroatoms. The summed E-state index contributed by atoms with van der Waals surface area (Å²) in [5.41, 5.74) is 0.452. The van der Waals surface area contributed by atoms with Crippen molar-refractivity contribution in [1.29, 1.82) is 0 Å². The van der Waals surface area contributed by atoms with E-state index in [1.807, 2.05) is 45.0 Å². The van der Waals surface area contributed by atoms with Gasteiger partial charge in [0.25, 0.3) is 5.91 Å². The molecule has 0 bridgehead atoms. The summed E-state index contributed by atoms with van der Waals surface area (Å²) in [6, 6.07) is 11.8. The van der Waals surface area contributed by atoms with Crippen molar-refractivity contribution in [3.63, 3.8) is 0 Å². The summed E-state index contributed by atoms with van der Waals surface area (Å²) in [5, 5.41) is 3.32. The fourth-order valence-corrected chi connectivity index (χ4v) is 3.53. The molecule has 0 fully saturated rings. The lowest BCUT2D eigenvalue weighted by molar-refractivity contribution is -0.142. The number of hydrogen-bond acceptors (Lipinski definition) is 4. The largest absolute Gasteiger partial charge is 0.497 e. The molecule has 2 aromatic carbocycles. The first-order chi connectivity index (χ1) is 14.5. The van der Waals surface area contributed by atoms with Crippen molar-refractivity contribution in [2.24, 2.45) is 0 Å². The topological polar surface area (TPSA) is 67.9 Å². The highest BCUT2D eigenvalue weighted by Crippen LogP contribution is 2.28. The SMILES string of the molecule is COc1ccc(CN(C(=O)COc2ccc(Br)cc2Cl)C(C)C(=O)NC(C)(C)C)cc1. The van der Waals surface area contributed by atoms with Gasteiger partial charge in [-0.1, -0.05) is 39.7 Å². The molecular weight excluding hydrogens is 484 g/mol. The van der Waals surface area contributed by atoms with E-state index in [1.165, 1.54) is 4.90 Å². The number of rotatable bonds is 8. The van der Waals surface area contributed by atoms with Gasteiger partial charge in [-0.3, -0.25) is 9.59 Å². The van der Waals surface area contributed by atoms with E-state index < -0.39 is 11.6 Å². The van der Waals surface area contributed by atoms with Crippen LogP contribution >= 0.6 is 27.5 Å². The van der Waals surface area contributed by atoms with Gasteiger partial charge in [0, 0.05) is 16.6 Å². The van der Waals surface area contributed by atoms with Crippen LogP contribution in [0.3, 0.4) is 0 Å². The fourth-order valence-electron chi connectivity index (χ4n) is 2.80. The highest BCUT2D eigenvalue weighted by atomic mass is 79.9. The normalized spacial score (nSPS) is 12.1. The minimum Gasteiger partial charge on any atom is -0.497 e. The van der Waals surface area contributed by atoms with Gasteiger partial charge in [-0.2, -0.15) is 0 Å². The number of ether oxygens (including phenoxy) is 2. The summed E-state index contributed by atoms with van der Waals surface area (Å²) in [6.07, 6.45) is 0. The van der Waals surface area contributed by atoms with Crippen molar-refractivity contribution in [2.75, 3.05) is 13.7 Å². The van der Waals surface area contributed by atoms with E-state index in [9.17, 15) is 9.59 Å². The Kier molecular flexibility index (Phi) is 8.77. The first-order valence-electron chi connectivity index (χ1n) is 9.82. The highest BCUT2D eigenvalue weighted by Gasteiger charge is 2.28. The Hall–Kier alpha value is -2.25. The molecule has 0 aliphatic carbocycles. The van der Waals surface area contributed by atoms with Gasteiger partial charge in [-0.05, 0) is 63.6 Å². The summed E-state index contributed by atoms with van der Waals surface area (Å²) in [4.78, 5) is 27.3. The first-order valence-corrected chi connectivity index (χ1v) is 11.0. The van der Waals surface area contributed by atoms with E-state index >= 15 is 0 Å². The number of benzene rings is 2. The van der Waals surface area contributed by atoms with E-state index in [2.05, 4.69) is 21.2 Å². The maximum absolute atomic E-state index is 13.1. The van der Waals surface area contributed by atoms with Gasteiger partial charge >= 0.3 is 0 Å². The summed E-state index contributed by atoms with van der Waals surface area (Å²) in [5.74, 6) is 0.546. The monoisotopic (exact) mass is 510 g/mol. The lowest BCUT2D eigenvalue weighted by atomic mass is 10.1. The van der Waals surface area contributed by atoms with Gasteiger partial charge < -0.3 is 19.7 Å². The van der Waals surface area contributed by atoms with Gasteiger partial charge in [0.05, 0.1) is 12.1 Å². The quantitative estimate of drug-likeness (QED) is 0.552. The minimum atomic E-state index is -0.696. The highest BCUT2D eigenvalue weighted by molar-refractivity contribution is 9.10. The molecule has 1 N–H and O–H groups in total. The molecule has 6 nitrogen and oxygen atoms in total. The first kappa shape index (κ1) is 25.0. The summed E-state index contributed by atoms with van der Waals surface area (Å²) in [7, 11) is 1.59. The number of carbonyl (C=O) groups excluding carboxylic acids is 2. The Morgan fingerprint density at radius 2 is 1.81 bits per heavy atom. The maximum atomic E-state index is 13.1. The Balaban J connectivity index is 2.19. The van der Waals surface area contributed by atoms with E-state index in [0.717, 1.165) is 10.0 Å².